The first kappa shape index (κ1) is 22.6. The maximum absolute atomic E-state index is 12.9. The van der Waals surface area contributed by atoms with Crippen molar-refractivity contribution < 1.29 is 19.2 Å². The van der Waals surface area contributed by atoms with Gasteiger partial charge in [-0.2, -0.15) is 0 Å². The topological polar surface area (TPSA) is 93.0 Å². The first-order valence-corrected chi connectivity index (χ1v) is 10.0. The number of para-hydroxylation sites is 1. The number of nitro benzene ring substituents is 1. The molecule has 0 saturated carbocycles. The van der Waals surface area contributed by atoms with Crippen LogP contribution in [0.4, 0.5) is 10.5 Å². The van der Waals surface area contributed by atoms with Crippen LogP contribution < -0.4 is 0 Å². The van der Waals surface area contributed by atoms with E-state index in [0.717, 1.165) is 12.8 Å². The Bertz CT molecular complexity index is 757. The predicted octanol–water partition coefficient (Wildman–Crippen LogP) is 4.09. The lowest BCUT2D eigenvalue weighted by atomic mass is 9.96. The third kappa shape index (κ3) is 6.17. The predicted molar refractivity (Wildman–Crippen MR) is 110 cm³/mol. The summed E-state index contributed by atoms with van der Waals surface area (Å²) in [7, 11) is 0. The van der Waals surface area contributed by atoms with Crippen molar-refractivity contribution in [2.75, 3.05) is 19.6 Å². The van der Waals surface area contributed by atoms with Crippen molar-refractivity contribution in [3.63, 3.8) is 0 Å². The molecule has 29 heavy (non-hydrogen) atoms. The number of likely N-dealkylation sites (tertiary alicyclic amines) is 1. The molecule has 1 heterocycles. The van der Waals surface area contributed by atoms with Gasteiger partial charge >= 0.3 is 6.09 Å². The second-order valence-electron chi connectivity index (χ2n) is 8.76. The zero-order valence-electron chi connectivity index (χ0n) is 17.9. The largest absolute Gasteiger partial charge is 0.444 e. The molecule has 0 bridgehead atoms. The summed E-state index contributed by atoms with van der Waals surface area (Å²) in [6.07, 6.45) is 1.30. The molecule has 1 atom stereocenters. The smallest absolute Gasteiger partial charge is 0.410 e. The molecule has 1 aromatic rings. The average Bonchev–Trinajstić information content (AvgIpc) is 2.64. The van der Waals surface area contributed by atoms with E-state index in [0.29, 0.717) is 19.6 Å². The highest BCUT2D eigenvalue weighted by atomic mass is 16.6. The van der Waals surface area contributed by atoms with E-state index < -0.39 is 10.5 Å². The summed E-state index contributed by atoms with van der Waals surface area (Å²) in [6.45, 7) is 10.8. The number of nitro groups is 1. The van der Waals surface area contributed by atoms with Crippen molar-refractivity contribution in [1.29, 1.82) is 0 Å². The second-order valence-corrected chi connectivity index (χ2v) is 8.76. The monoisotopic (exact) mass is 405 g/mol. The molecule has 8 heteroatoms. The van der Waals surface area contributed by atoms with E-state index in [1.54, 1.807) is 21.9 Å². The van der Waals surface area contributed by atoms with Gasteiger partial charge < -0.3 is 14.5 Å². The summed E-state index contributed by atoms with van der Waals surface area (Å²) in [5.41, 5.74) is -0.659. The van der Waals surface area contributed by atoms with Crippen molar-refractivity contribution >= 4 is 17.7 Å². The SMILES string of the molecule is CC(C)N(CC1CCCN(C(=O)c2ccccc2[N+](=O)[O-])C1)C(=O)OC(C)(C)C. The fraction of sp³-hybridized carbons (Fsp3) is 0.619. The lowest BCUT2D eigenvalue weighted by Gasteiger charge is -2.37. The van der Waals surface area contributed by atoms with E-state index in [9.17, 15) is 19.7 Å². The van der Waals surface area contributed by atoms with Crippen molar-refractivity contribution in [2.45, 2.75) is 59.1 Å². The highest BCUT2D eigenvalue weighted by Crippen LogP contribution is 2.25. The molecule has 0 N–H and O–H groups in total. The van der Waals surface area contributed by atoms with Gasteiger partial charge in [0.1, 0.15) is 11.2 Å². The van der Waals surface area contributed by atoms with Crippen LogP contribution >= 0.6 is 0 Å². The minimum Gasteiger partial charge on any atom is -0.444 e. The molecule has 160 valence electrons. The minimum absolute atomic E-state index is 0.0360. The molecular weight excluding hydrogens is 374 g/mol. The zero-order valence-corrected chi connectivity index (χ0v) is 17.9. The normalized spacial score (nSPS) is 17.2. The summed E-state index contributed by atoms with van der Waals surface area (Å²) >= 11 is 0. The van der Waals surface area contributed by atoms with Crippen molar-refractivity contribution in [3.8, 4) is 0 Å². The number of rotatable bonds is 5. The molecule has 2 amide bonds. The first-order valence-electron chi connectivity index (χ1n) is 10.0. The van der Waals surface area contributed by atoms with Gasteiger partial charge in [0.15, 0.2) is 0 Å². The minimum atomic E-state index is -0.578. The van der Waals surface area contributed by atoms with Gasteiger partial charge in [-0.15, -0.1) is 0 Å². The van der Waals surface area contributed by atoms with Crippen LogP contribution in [0, 0.1) is 16.0 Å². The Labute approximate surface area is 172 Å². The first-order chi connectivity index (χ1) is 13.5. The van der Waals surface area contributed by atoms with Crippen molar-refractivity contribution in [3.05, 3.63) is 39.9 Å². The molecule has 0 radical (unpaired) electrons. The molecule has 1 unspecified atom stereocenters. The van der Waals surface area contributed by atoms with Crippen LogP contribution in [-0.2, 0) is 4.74 Å². The number of hydrogen-bond acceptors (Lipinski definition) is 5. The van der Waals surface area contributed by atoms with Gasteiger partial charge in [0.2, 0.25) is 0 Å². The molecule has 2 rings (SSSR count). The van der Waals surface area contributed by atoms with Crippen LogP contribution in [0.25, 0.3) is 0 Å². The van der Waals surface area contributed by atoms with Crippen LogP contribution in [0.15, 0.2) is 24.3 Å². The van der Waals surface area contributed by atoms with Gasteiger partial charge in [0, 0.05) is 31.7 Å². The van der Waals surface area contributed by atoms with Crippen molar-refractivity contribution in [1.82, 2.24) is 9.80 Å². The molecule has 8 nitrogen and oxygen atoms in total. The van der Waals surface area contributed by atoms with Crippen LogP contribution in [0.1, 0.15) is 57.8 Å². The fourth-order valence-electron chi connectivity index (χ4n) is 3.48. The number of carbonyl (C=O) groups is 2. The van der Waals surface area contributed by atoms with E-state index in [2.05, 4.69) is 0 Å². The van der Waals surface area contributed by atoms with Crippen LogP contribution in [0.2, 0.25) is 0 Å². The lowest BCUT2D eigenvalue weighted by Crippen LogP contribution is -2.48. The maximum atomic E-state index is 12.9. The maximum Gasteiger partial charge on any atom is 0.410 e. The third-order valence-electron chi connectivity index (χ3n) is 4.84. The Hall–Kier alpha value is -2.64. The Morgan fingerprint density at radius 2 is 1.97 bits per heavy atom. The van der Waals surface area contributed by atoms with Gasteiger partial charge in [-0.05, 0) is 59.4 Å². The lowest BCUT2D eigenvalue weighted by molar-refractivity contribution is -0.385. The van der Waals surface area contributed by atoms with Gasteiger partial charge in [0.25, 0.3) is 11.6 Å². The number of benzene rings is 1. The molecule has 0 aliphatic carbocycles. The van der Waals surface area contributed by atoms with E-state index in [-0.39, 0.29) is 35.2 Å². The number of piperidine rings is 1. The number of nitrogens with zero attached hydrogens (tertiary/aromatic N) is 3. The molecule has 0 spiro atoms. The average molecular weight is 405 g/mol. The van der Waals surface area contributed by atoms with Gasteiger partial charge in [-0.3, -0.25) is 14.9 Å². The molecule has 1 aliphatic heterocycles. The van der Waals surface area contributed by atoms with E-state index >= 15 is 0 Å². The molecule has 1 aliphatic rings. The van der Waals surface area contributed by atoms with Gasteiger partial charge in [0.05, 0.1) is 4.92 Å². The quantitative estimate of drug-likeness (QED) is 0.543. The summed E-state index contributed by atoms with van der Waals surface area (Å²) in [4.78, 5) is 39.6. The third-order valence-corrected chi connectivity index (χ3v) is 4.84. The molecule has 1 aromatic carbocycles. The molecule has 0 aromatic heterocycles. The number of amides is 2. The number of carbonyl (C=O) groups excluding carboxylic acids is 2. The van der Waals surface area contributed by atoms with E-state index in [1.165, 1.54) is 12.1 Å². The summed E-state index contributed by atoms with van der Waals surface area (Å²) in [6, 6.07) is 5.98. The zero-order chi connectivity index (χ0) is 21.8. The van der Waals surface area contributed by atoms with Crippen LogP contribution in [-0.4, -0.2) is 58.0 Å². The van der Waals surface area contributed by atoms with E-state index in [1.807, 2.05) is 34.6 Å². The summed E-state index contributed by atoms with van der Waals surface area (Å²) in [5, 5.41) is 11.3. The number of hydrogen-bond donors (Lipinski definition) is 0. The fourth-order valence-corrected chi connectivity index (χ4v) is 3.48. The number of ether oxygens (including phenoxy) is 1. The summed E-state index contributed by atoms with van der Waals surface area (Å²) in [5.74, 6) is -0.249. The Morgan fingerprint density at radius 1 is 1.31 bits per heavy atom. The van der Waals surface area contributed by atoms with Gasteiger partial charge in [-0.25, -0.2) is 4.79 Å². The van der Waals surface area contributed by atoms with Crippen LogP contribution in [0.5, 0.6) is 0 Å². The Kier molecular flexibility index (Phi) is 7.21. The second kappa shape index (κ2) is 9.24. The Morgan fingerprint density at radius 3 is 2.55 bits per heavy atom. The molecular formula is C21H31N3O5. The molecule has 1 saturated heterocycles. The highest BCUT2D eigenvalue weighted by molar-refractivity contribution is 5.98. The van der Waals surface area contributed by atoms with Crippen molar-refractivity contribution in [2.24, 2.45) is 5.92 Å². The van der Waals surface area contributed by atoms with Crippen LogP contribution in [0.3, 0.4) is 0 Å². The molecule has 1 fully saturated rings. The van der Waals surface area contributed by atoms with Gasteiger partial charge in [-0.1, -0.05) is 12.1 Å². The van der Waals surface area contributed by atoms with E-state index in [4.69, 9.17) is 4.74 Å². The highest BCUT2D eigenvalue weighted by Gasteiger charge is 2.32. The summed E-state index contributed by atoms with van der Waals surface area (Å²) < 4.78 is 5.52. The Balaban J connectivity index is 2.11. The standard InChI is InChI=1S/C21H31N3O5/c1-15(2)23(20(26)29-21(3,4)5)14-16-9-8-12-22(13-16)19(25)17-10-6-7-11-18(17)24(27)28/h6-7,10-11,15-16H,8-9,12-14H2,1-5H3.